The Morgan fingerprint density at radius 1 is 1.04 bits per heavy atom. The van der Waals surface area contributed by atoms with Gasteiger partial charge in [0.25, 0.3) is 0 Å². The highest BCUT2D eigenvalue weighted by Crippen LogP contribution is 2.31. The summed E-state index contributed by atoms with van der Waals surface area (Å²) in [4.78, 5) is 4.26. The van der Waals surface area contributed by atoms with Crippen LogP contribution in [-0.4, -0.2) is 31.4 Å². The summed E-state index contributed by atoms with van der Waals surface area (Å²) in [5, 5.41) is 0. The summed E-state index contributed by atoms with van der Waals surface area (Å²) in [5.74, 6) is 2.13. The summed E-state index contributed by atoms with van der Waals surface area (Å²) in [5.41, 5.74) is 2.15. The number of rotatable bonds is 8. The van der Waals surface area contributed by atoms with Gasteiger partial charge in [0.15, 0.2) is 0 Å². The zero-order chi connectivity index (χ0) is 20.0. The summed E-state index contributed by atoms with van der Waals surface area (Å²) in [7, 11) is 0. The highest BCUT2D eigenvalue weighted by molar-refractivity contribution is 5.70. The molecule has 1 aromatic heterocycles. The second kappa shape index (κ2) is 13.2. The molecule has 1 atom stereocenters. The van der Waals surface area contributed by atoms with Gasteiger partial charge in [-0.05, 0) is 49.3 Å². The Morgan fingerprint density at radius 2 is 1.82 bits per heavy atom. The van der Waals surface area contributed by atoms with Crippen molar-refractivity contribution in [3.05, 3.63) is 42.6 Å². The Morgan fingerprint density at radius 3 is 2.46 bits per heavy atom. The fraction of sp³-hybridized carbons (Fsp3) is 0.542. The van der Waals surface area contributed by atoms with E-state index < -0.39 is 0 Å². The lowest BCUT2D eigenvalue weighted by Crippen LogP contribution is -2.07. The summed E-state index contributed by atoms with van der Waals surface area (Å²) < 4.78 is 16.7. The van der Waals surface area contributed by atoms with Crippen molar-refractivity contribution in [1.82, 2.24) is 4.98 Å². The van der Waals surface area contributed by atoms with E-state index in [1.165, 1.54) is 19.3 Å². The van der Waals surface area contributed by atoms with Gasteiger partial charge in [0.2, 0.25) is 5.88 Å². The molecule has 2 aromatic rings. The van der Waals surface area contributed by atoms with E-state index in [4.69, 9.17) is 14.2 Å². The summed E-state index contributed by atoms with van der Waals surface area (Å²) in [6.45, 7) is 9.88. The predicted molar refractivity (Wildman–Crippen MR) is 115 cm³/mol. The van der Waals surface area contributed by atoms with Crippen LogP contribution in [0.1, 0.15) is 52.9 Å². The molecule has 0 radical (unpaired) electrons. The van der Waals surface area contributed by atoms with E-state index in [0.717, 1.165) is 49.5 Å². The molecule has 0 bridgehead atoms. The largest absolute Gasteiger partial charge is 0.493 e. The molecule has 0 spiro atoms. The number of hydrogen-bond acceptors (Lipinski definition) is 4. The fourth-order valence-electron chi connectivity index (χ4n) is 2.73. The number of nitrogens with zero attached hydrogens (tertiary/aromatic N) is 1. The van der Waals surface area contributed by atoms with E-state index in [-0.39, 0.29) is 0 Å². The van der Waals surface area contributed by atoms with Crippen molar-refractivity contribution < 1.29 is 14.2 Å². The van der Waals surface area contributed by atoms with Gasteiger partial charge in [-0.3, -0.25) is 0 Å². The summed E-state index contributed by atoms with van der Waals surface area (Å²) in [6.07, 6.45) is 7.80. The first kappa shape index (κ1) is 22.2. The van der Waals surface area contributed by atoms with Crippen LogP contribution in [-0.2, 0) is 4.74 Å². The van der Waals surface area contributed by atoms with E-state index >= 15 is 0 Å². The van der Waals surface area contributed by atoms with Crippen molar-refractivity contribution in [2.75, 3.05) is 26.4 Å². The van der Waals surface area contributed by atoms with Gasteiger partial charge in [-0.1, -0.05) is 45.4 Å². The van der Waals surface area contributed by atoms with Crippen molar-refractivity contribution >= 4 is 0 Å². The summed E-state index contributed by atoms with van der Waals surface area (Å²) >= 11 is 0. The lowest BCUT2D eigenvalue weighted by molar-refractivity contribution is 0.0968. The molecular weight excluding hydrogens is 350 g/mol. The molecule has 1 aliphatic rings. The SMILES string of the molecule is C1CCOCC1.CCCOc1cc(-c2ccccc2OCC(C)CC)ccn1. The first-order chi connectivity index (χ1) is 13.7. The Labute approximate surface area is 170 Å². The van der Waals surface area contributed by atoms with Gasteiger partial charge in [-0.2, -0.15) is 0 Å². The maximum atomic E-state index is 6.00. The molecule has 4 heteroatoms. The van der Waals surface area contributed by atoms with Gasteiger partial charge in [0, 0.05) is 31.0 Å². The molecule has 2 heterocycles. The molecule has 154 valence electrons. The van der Waals surface area contributed by atoms with Gasteiger partial charge in [0.1, 0.15) is 5.75 Å². The zero-order valence-electron chi connectivity index (χ0n) is 17.7. The normalized spacial score (nSPS) is 14.5. The van der Waals surface area contributed by atoms with Gasteiger partial charge in [-0.25, -0.2) is 4.98 Å². The molecule has 4 nitrogen and oxygen atoms in total. The molecule has 0 N–H and O–H groups in total. The third-order valence-corrected chi connectivity index (χ3v) is 4.68. The van der Waals surface area contributed by atoms with Crippen molar-refractivity contribution in [2.24, 2.45) is 5.92 Å². The van der Waals surface area contributed by atoms with Crippen LogP contribution in [0.15, 0.2) is 42.6 Å². The van der Waals surface area contributed by atoms with Crippen LogP contribution in [0.2, 0.25) is 0 Å². The molecule has 0 saturated carbocycles. The number of benzene rings is 1. The van der Waals surface area contributed by atoms with E-state index in [0.29, 0.717) is 18.4 Å². The van der Waals surface area contributed by atoms with Crippen molar-refractivity contribution in [3.63, 3.8) is 0 Å². The van der Waals surface area contributed by atoms with Crippen LogP contribution >= 0.6 is 0 Å². The van der Waals surface area contributed by atoms with Gasteiger partial charge >= 0.3 is 0 Å². The number of pyridine rings is 1. The van der Waals surface area contributed by atoms with Gasteiger partial charge in [0.05, 0.1) is 13.2 Å². The second-order valence-electron chi connectivity index (χ2n) is 7.22. The first-order valence-corrected chi connectivity index (χ1v) is 10.6. The Balaban J connectivity index is 0.000000397. The smallest absolute Gasteiger partial charge is 0.213 e. The maximum absolute atomic E-state index is 6.00. The molecule has 0 amide bonds. The molecule has 1 aromatic carbocycles. The minimum absolute atomic E-state index is 0.550. The molecule has 0 aliphatic carbocycles. The van der Waals surface area contributed by atoms with Crippen molar-refractivity contribution in [2.45, 2.75) is 52.9 Å². The predicted octanol–water partition coefficient (Wildman–Crippen LogP) is 6.15. The zero-order valence-corrected chi connectivity index (χ0v) is 17.7. The molecular formula is C24H35NO3. The minimum atomic E-state index is 0.550. The highest BCUT2D eigenvalue weighted by atomic mass is 16.5. The summed E-state index contributed by atoms with van der Waals surface area (Å²) in [6, 6.07) is 12.1. The molecule has 1 saturated heterocycles. The number of para-hydroxylation sites is 1. The van der Waals surface area contributed by atoms with Crippen LogP contribution in [0.3, 0.4) is 0 Å². The van der Waals surface area contributed by atoms with Crippen molar-refractivity contribution in [3.8, 4) is 22.8 Å². The first-order valence-electron chi connectivity index (χ1n) is 10.6. The molecule has 1 aliphatic heterocycles. The molecule has 28 heavy (non-hydrogen) atoms. The van der Waals surface area contributed by atoms with E-state index in [1.807, 2.05) is 30.3 Å². The lowest BCUT2D eigenvalue weighted by atomic mass is 10.1. The van der Waals surface area contributed by atoms with Gasteiger partial charge < -0.3 is 14.2 Å². The quantitative estimate of drug-likeness (QED) is 0.546. The van der Waals surface area contributed by atoms with Crippen LogP contribution in [0, 0.1) is 5.92 Å². The fourth-order valence-corrected chi connectivity index (χ4v) is 2.73. The number of ether oxygens (including phenoxy) is 3. The average Bonchev–Trinajstić information content (AvgIpc) is 2.78. The topological polar surface area (TPSA) is 40.6 Å². The Hall–Kier alpha value is -2.07. The third-order valence-electron chi connectivity index (χ3n) is 4.68. The maximum Gasteiger partial charge on any atom is 0.213 e. The molecule has 3 rings (SSSR count). The van der Waals surface area contributed by atoms with Gasteiger partial charge in [-0.15, -0.1) is 0 Å². The number of hydrogen-bond donors (Lipinski definition) is 0. The minimum Gasteiger partial charge on any atom is -0.493 e. The molecule has 1 unspecified atom stereocenters. The van der Waals surface area contributed by atoms with Crippen LogP contribution in [0.4, 0.5) is 0 Å². The number of aromatic nitrogens is 1. The second-order valence-corrected chi connectivity index (χ2v) is 7.22. The Bertz CT molecular complexity index is 659. The van der Waals surface area contributed by atoms with Crippen LogP contribution in [0.25, 0.3) is 11.1 Å². The van der Waals surface area contributed by atoms with Crippen LogP contribution in [0.5, 0.6) is 11.6 Å². The third kappa shape index (κ3) is 7.89. The standard InChI is InChI=1S/C19H25NO2.C5H10O/c1-4-12-21-19-13-16(10-11-20-19)17-8-6-7-9-18(17)22-14-15(3)5-2;1-2-4-6-5-3-1/h6-11,13,15H,4-5,12,14H2,1-3H3;1-5H2. The monoisotopic (exact) mass is 385 g/mol. The highest BCUT2D eigenvalue weighted by Gasteiger charge is 2.09. The van der Waals surface area contributed by atoms with E-state index in [9.17, 15) is 0 Å². The van der Waals surface area contributed by atoms with E-state index in [1.54, 1.807) is 6.20 Å². The van der Waals surface area contributed by atoms with Crippen molar-refractivity contribution in [1.29, 1.82) is 0 Å². The Kier molecular flexibility index (Phi) is 10.4. The van der Waals surface area contributed by atoms with E-state index in [2.05, 4.69) is 31.8 Å². The van der Waals surface area contributed by atoms with Crippen LogP contribution < -0.4 is 9.47 Å². The lowest BCUT2D eigenvalue weighted by Gasteiger charge is -2.15. The average molecular weight is 386 g/mol. The molecule has 1 fully saturated rings.